The topological polar surface area (TPSA) is 43.1 Å². The molecule has 3 nitrogen and oxygen atoms in total. The molecule has 53 valence electrons. The van der Waals surface area contributed by atoms with Crippen LogP contribution in [-0.4, -0.2) is 4.92 Å². The van der Waals surface area contributed by atoms with Gasteiger partial charge in [-0.2, -0.15) is 0 Å². The van der Waals surface area contributed by atoms with Crippen molar-refractivity contribution in [2.75, 3.05) is 0 Å². The molecular weight excluding hydrogens is 130 g/mol. The van der Waals surface area contributed by atoms with Crippen molar-refractivity contribution >= 4 is 0 Å². The normalized spacial score (nSPS) is 24.1. The van der Waals surface area contributed by atoms with Gasteiger partial charge >= 0.3 is 0 Å². The summed E-state index contributed by atoms with van der Waals surface area (Å²) in [4.78, 5) is 9.91. The average Bonchev–Trinajstić information content (AvgIpc) is 1.88. The maximum atomic E-state index is 10.2. The third-order valence-electron chi connectivity index (χ3n) is 1.54. The van der Waals surface area contributed by atoms with E-state index in [0.717, 1.165) is 6.42 Å². The van der Waals surface area contributed by atoms with Gasteiger partial charge in [-0.25, -0.2) is 0 Å². The van der Waals surface area contributed by atoms with E-state index >= 15 is 0 Å². The first kappa shape index (κ1) is 6.99. The van der Waals surface area contributed by atoms with Crippen LogP contribution in [0.3, 0.4) is 0 Å². The van der Waals surface area contributed by atoms with E-state index in [1.165, 1.54) is 6.08 Å². The van der Waals surface area contributed by atoms with E-state index in [0.29, 0.717) is 0 Å². The minimum atomic E-state index is -0.343. The zero-order valence-electron chi connectivity index (χ0n) is 5.70. The summed E-state index contributed by atoms with van der Waals surface area (Å²) in [5.74, 6) is 0.0382. The summed E-state index contributed by atoms with van der Waals surface area (Å²) < 4.78 is 0. The first-order valence-electron chi connectivity index (χ1n) is 3.14. The van der Waals surface area contributed by atoms with Crippen molar-refractivity contribution in [3.63, 3.8) is 0 Å². The van der Waals surface area contributed by atoms with Gasteiger partial charge in [0.05, 0.1) is 10.8 Å². The summed E-state index contributed by atoms with van der Waals surface area (Å²) in [5.41, 5.74) is 0.266. The molecule has 0 bridgehead atoms. The van der Waals surface area contributed by atoms with E-state index < -0.39 is 0 Å². The van der Waals surface area contributed by atoms with Crippen LogP contribution < -0.4 is 0 Å². The number of hydrogen-bond donors (Lipinski definition) is 0. The molecule has 1 unspecified atom stereocenters. The van der Waals surface area contributed by atoms with Gasteiger partial charge in [-0.15, -0.1) is 0 Å². The molecule has 0 saturated heterocycles. The van der Waals surface area contributed by atoms with Crippen LogP contribution in [0.15, 0.2) is 17.8 Å². The summed E-state index contributed by atoms with van der Waals surface area (Å²) in [7, 11) is 0. The number of nitrogens with zero attached hydrogens (tertiary/aromatic N) is 1. The molecule has 0 spiro atoms. The largest absolute Gasteiger partial charge is 0.259 e. The molecule has 0 amide bonds. The molecule has 0 aromatic heterocycles. The van der Waals surface area contributed by atoms with Crippen LogP contribution in [-0.2, 0) is 0 Å². The van der Waals surface area contributed by atoms with E-state index in [4.69, 9.17) is 0 Å². The molecule has 1 atom stereocenters. The Labute approximate surface area is 59.2 Å². The second kappa shape index (κ2) is 2.64. The van der Waals surface area contributed by atoms with Crippen LogP contribution in [0.25, 0.3) is 0 Å². The van der Waals surface area contributed by atoms with Gasteiger partial charge in [-0.1, -0.05) is 13.0 Å². The van der Waals surface area contributed by atoms with Gasteiger partial charge in [-0.05, 0) is 12.5 Å². The highest BCUT2D eigenvalue weighted by Crippen LogP contribution is 2.18. The van der Waals surface area contributed by atoms with E-state index in [1.54, 1.807) is 0 Å². The lowest BCUT2D eigenvalue weighted by molar-refractivity contribution is -0.433. The zero-order valence-corrected chi connectivity index (χ0v) is 5.70. The first-order chi connectivity index (χ1) is 4.72. The molecule has 1 rings (SSSR count). The summed E-state index contributed by atoms with van der Waals surface area (Å²) >= 11 is 0. The Morgan fingerprint density at radius 3 is 3.00 bits per heavy atom. The Balaban J connectivity index is 2.80. The maximum absolute atomic E-state index is 10.2. The summed E-state index contributed by atoms with van der Waals surface area (Å²) in [5, 5.41) is 10.2. The van der Waals surface area contributed by atoms with E-state index in [-0.39, 0.29) is 16.5 Å². The zero-order chi connectivity index (χ0) is 7.56. The fraction of sp³-hybridized carbons (Fsp3) is 0.429. The van der Waals surface area contributed by atoms with Gasteiger partial charge in [0, 0.05) is 6.08 Å². The van der Waals surface area contributed by atoms with Crippen molar-refractivity contribution < 1.29 is 4.92 Å². The van der Waals surface area contributed by atoms with E-state index in [9.17, 15) is 10.1 Å². The molecule has 10 heavy (non-hydrogen) atoms. The fourth-order valence-electron chi connectivity index (χ4n) is 0.885. The molecular formula is C7H8NO2. The van der Waals surface area contributed by atoms with E-state index in [1.807, 2.05) is 13.0 Å². The number of nitro groups is 1. The molecule has 1 aliphatic rings. The monoisotopic (exact) mass is 138 g/mol. The highest BCUT2D eigenvalue weighted by molar-refractivity contribution is 5.09. The highest BCUT2D eigenvalue weighted by Gasteiger charge is 2.19. The lowest BCUT2D eigenvalue weighted by Gasteiger charge is -2.07. The molecule has 3 heteroatoms. The highest BCUT2D eigenvalue weighted by atomic mass is 16.6. The van der Waals surface area contributed by atoms with Crippen molar-refractivity contribution in [2.45, 2.75) is 13.3 Å². The van der Waals surface area contributed by atoms with Gasteiger partial charge in [0.15, 0.2) is 0 Å². The minimum absolute atomic E-state index is 0.0382. The molecule has 0 aromatic rings. The van der Waals surface area contributed by atoms with Crippen LogP contribution in [0.1, 0.15) is 13.3 Å². The third kappa shape index (κ3) is 1.23. The Morgan fingerprint density at radius 1 is 1.90 bits per heavy atom. The van der Waals surface area contributed by atoms with Crippen molar-refractivity contribution in [3.8, 4) is 0 Å². The molecule has 0 fully saturated rings. The molecule has 1 radical (unpaired) electrons. The summed E-state index contributed by atoms with van der Waals surface area (Å²) in [6.45, 7) is 1.84. The molecule has 0 N–H and O–H groups in total. The number of hydrogen-bond acceptors (Lipinski definition) is 2. The quantitative estimate of drug-likeness (QED) is 0.407. The van der Waals surface area contributed by atoms with Crippen LogP contribution in [0, 0.1) is 22.1 Å². The smallest absolute Gasteiger partial charge is 0.249 e. The Bertz CT molecular complexity index is 206. The average molecular weight is 138 g/mol. The number of rotatable bonds is 1. The Kier molecular flexibility index (Phi) is 1.85. The maximum Gasteiger partial charge on any atom is 0.249 e. The molecule has 0 heterocycles. The van der Waals surface area contributed by atoms with E-state index in [2.05, 4.69) is 6.08 Å². The Morgan fingerprint density at radius 2 is 2.60 bits per heavy atom. The second-order valence-electron chi connectivity index (χ2n) is 2.33. The van der Waals surface area contributed by atoms with Crippen LogP contribution >= 0.6 is 0 Å². The SMILES string of the molecule is CC1CC=[C]C=C1[N+](=O)[O-]. The molecule has 0 saturated carbocycles. The molecule has 1 aliphatic carbocycles. The van der Waals surface area contributed by atoms with Gasteiger partial charge in [0.25, 0.3) is 0 Å². The lowest BCUT2D eigenvalue weighted by Crippen LogP contribution is -2.09. The number of allylic oxidation sites excluding steroid dienone is 4. The Hall–Kier alpha value is -1.12. The summed E-state index contributed by atoms with van der Waals surface area (Å²) in [6, 6.07) is 0. The van der Waals surface area contributed by atoms with Gasteiger partial charge in [0.1, 0.15) is 0 Å². The van der Waals surface area contributed by atoms with Gasteiger partial charge in [-0.3, -0.25) is 10.1 Å². The predicted molar refractivity (Wildman–Crippen MR) is 36.7 cm³/mol. The predicted octanol–water partition coefficient (Wildman–Crippen LogP) is 1.55. The van der Waals surface area contributed by atoms with Crippen LogP contribution in [0.2, 0.25) is 0 Å². The van der Waals surface area contributed by atoms with Crippen LogP contribution in [0.4, 0.5) is 0 Å². The van der Waals surface area contributed by atoms with Crippen molar-refractivity contribution in [1.29, 1.82) is 0 Å². The van der Waals surface area contributed by atoms with Gasteiger partial charge < -0.3 is 0 Å². The molecule has 0 aliphatic heterocycles. The summed E-state index contributed by atoms with van der Waals surface area (Å²) in [6.07, 6.45) is 6.70. The van der Waals surface area contributed by atoms with Crippen molar-refractivity contribution in [1.82, 2.24) is 0 Å². The lowest BCUT2D eigenvalue weighted by atomic mass is 10.00. The molecule has 0 aromatic carbocycles. The third-order valence-corrected chi connectivity index (χ3v) is 1.54. The minimum Gasteiger partial charge on any atom is -0.259 e. The van der Waals surface area contributed by atoms with Crippen LogP contribution in [0.5, 0.6) is 0 Å². The first-order valence-corrected chi connectivity index (χ1v) is 3.14. The van der Waals surface area contributed by atoms with Gasteiger partial charge in [0.2, 0.25) is 5.70 Å². The second-order valence-corrected chi connectivity index (χ2v) is 2.33. The fourth-order valence-corrected chi connectivity index (χ4v) is 0.885. The van der Waals surface area contributed by atoms with Crippen molar-refractivity contribution in [3.05, 3.63) is 34.0 Å². The van der Waals surface area contributed by atoms with Crippen molar-refractivity contribution in [2.24, 2.45) is 5.92 Å². The standard InChI is InChI=1S/C7H8NO2/c1-6-4-2-3-5-7(6)8(9)10/h2,5-6H,4H2,1H3.